The van der Waals surface area contributed by atoms with E-state index in [1.807, 2.05) is 32.2 Å². The molecule has 1 aromatic carbocycles. The number of hydrogen-bond acceptors (Lipinski definition) is 6. The van der Waals surface area contributed by atoms with Gasteiger partial charge in [-0.2, -0.15) is 0 Å². The van der Waals surface area contributed by atoms with Gasteiger partial charge in [-0.25, -0.2) is 9.78 Å². The summed E-state index contributed by atoms with van der Waals surface area (Å²) in [6, 6.07) is 9.77. The fourth-order valence-electron chi connectivity index (χ4n) is 5.98. The number of nitrogens with one attached hydrogen (secondary N) is 1. The molecule has 3 aliphatic rings. The Morgan fingerprint density at radius 2 is 1.76 bits per heavy atom. The van der Waals surface area contributed by atoms with E-state index in [1.165, 1.54) is 25.7 Å². The quantitative estimate of drug-likeness (QED) is 0.497. The lowest BCUT2D eigenvalue weighted by Crippen LogP contribution is -2.54. The summed E-state index contributed by atoms with van der Waals surface area (Å²) < 4.78 is 6.15. The van der Waals surface area contributed by atoms with Crippen LogP contribution in [0.5, 0.6) is 0 Å². The highest BCUT2D eigenvalue weighted by Gasteiger charge is 2.46. The summed E-state index contributed by atoms with van der Waals surface area (Å²) >= 11 is 6.15. The van der Waals surface area contributed by atoms with Crippen molar-refractivity contribution in [2.75, 3.05) is 18.5 Å². The Hall–Kier alpha value is -1.44. The van der Waals surface area contributed by atoms with Crippen molar-refractivity contribution in [3.8, 4) is 0 Å². The standard InChI is InChI=1S/C27H38ClN3O3/c1-4-31(22-11-14-27(15-12-22)32-18-26(2,3)33-34-27)21-8-6-20(7-9-21)30-24-13-16-29-25-17-19(28)5-10-23(24)25/h5,10,13,16-17,20-22H,4,6-9,11-12,14-15,18H2,1-3H3,(H,29,30). The highest BCUT2D eigenvalue weighted by atomic mass is 35.5. The zero-order valence-corrected chi connectivity index (χ0v) is 21.4. The highest BCUT2D eigenvalue weighted by molar-refractivity contribution is 6.31. The van der Waals surface area contributed by atoms with E-state index in [-0.39, 0.29) is 5.60 Å². The molecular weight excluding hydrogens is 450 g/mol. The van der Waals surface area contributed by atoms with E-state index in [1.54, 1.807) is 0 Å². The Kier molecular flexibility index (Phi) is 7.07. The predicted molar refractivity (Wildman–Crippen MR) is 136 cm³/mol. The van der Waals surface area contributed by atoms with Crippen LogP contribution in [0.4, 0.5) is 5.69 Å². The molecular formula is C27H38ClN3O3. The largest absolute Gasteiger partial charge is 0.382 e. The third-order valence-corrected chi connectivity index (χ3v) is 8.12. The molecule has 1 saturated heterocycles. The van der Waals surface area contributed by atoms with Crippen molar-refractivity contribution in [2.45, 2.75) is 102 Å². The first-order valence-corrected chi connectivity index (χ1v) is 13.3. The van der Waals surface area contributed by atoms with Gasteiger partial charge in [-0.3, -0.25) is 9.88 Å². The van der Waals surface area contributed by atoms with E-state index >= 15 is 0 Å². The Balaban J connectivity index is 1.15. The Bertz CT molecular complexity index is 972. The molecule has 2 aliphatic carbocycles. The minimum Gasteiger partial charge on any atom is -0.382 e. The molecule has 2 heterocycles. The van der Waals surface area contributed by atoms with Crippen LogP contribution in [0, 0.1) is 0 Å². The van der Waals surface area contributed by atoms with Crippen molar-refractivity contribution in [1.82, 2.24) is 9.88 Å². The average molecular weight is 488 g/mol. The van der Waals surface area contributed by atoms with Gasteiger partial charge in [-0.15, -0.1) is 0 Å². The molecule has 6 nitrogen and oxygen atoms in total. The van der Waals surface area contributed by atoms with E-state index in [4.69, 9.17) is 26.1 Å². The number of anilines is 1. The number of pyridine rings is 1. The smallest absolute Gasteiger partial charge is 0.201 e. The molecule has 1 aromatic heterocycles. The summed E-state index contributed by atoms with van der Waals surface area (Å²) in [6.45, 7) is 8.00. The monoisotopic (exact) mass is 487 g/mol. The number of nitrogens with zero attached hydrogens (tertiary/aromatic N) is 2. The summed E-state index contributed by atoms with van der Waals surface area (Å²) in [5.41, 5.74) is 1.74. The van der Waals surface area contributed by atoms with Crippen LogP contribution in [0.2, 0.25) is 5.02 Å². The third kappa shape index (κ3) is 5.21. The molecule has 2 aromatic rings. The molecule has 0 bridgehead atoms. The molecule has 2 saturated carbocycles. The van der Waals surface area contributed by atoms with Crippen LogP contribution >= 0.6 is 11.6 Å². The first-order chi connectivity index (χ1) is 16.4. The van der Waals surface area contributed by atoms with Gasteiger partial charge in [-0.05, 0) is 83.2 Å². The van der Waals surface area contributed by atoms with Crippen LogP contribution in [0.1, 0.15) is 72.1 Å². The fourth-order valence-corrected chi connectivity index (χ4v) is 6.14. The Labute approximate surface area is 208 Å². The third-order valence-electron chi connectivity index (χ3n) is 7.88. The summed E-state index contributed by atoms with van der Waals surface area (Å²) in [4.78, 5) is 18.6. The number of benzene rings is 1. The van der Waals surface area contributed by atoms with E-state index < -0.39 is 5.79 Å². The van der Waals surface area contributed by atoms with E-state index in [2.05, 4.69) is 34.3 Å². The minimum absolute atomic E-state index is 0.361. The van der Waals surface area contributed by atoms with Gasteiger partial charge in [0.2, 0.25) is 5.79 Å². The lowest BCUT2D eigenvalue weighted by atomic mass is 9.84. The number of hydrogen-bond donors (Lipinski definition) is 1. The first kappa shape index (κ1) is 24.3. The molecule has 1 aliphatic heterocycles. The summed E-state index contributed by atoms with van der Waals surface area (Å²) in [6.07, 6.45) is 10.7. The number of aromatic nitrogens is 1. The number of halogens is 1. The topological polar surface area (TPSA) is 55.9 Å². The van der Waals surface area contributed by atoms with E-state index in [9.17, 15) is 0 Å². The van der Waals surface area contributed by atoms with Crippen molar-refractivity contribution in [3.05, 3.63) is 35.5 Å². The van der Waals surface area contributed by atoms with Gasteiger partial charge < -0.3 is 10.1 Å². The average Bonchev–Trinajstić information content (AvgIpc) is 2.84. The molecule has 1 spiro atoms. The Morgan fingerprint density at radius 3 is 2.44 bits per heavy atom. The van der Waals surface area contributed by atoms with Gasteiger partial charge in [-0.1, -0.05) is 18.5 Å². The van der Waals surface area contributed by atoms with Crippen molar-refractivity contribution in [2.24, 2.45) is 0 Å². The second-order valence-electron chi connectivity index (χ2n) is 10.9. The lowest BCUT2D eigenvalue weighted by molar-refractivity contribution is -0.512. The highest BCUT2D eigenvalue weighted by Crippen LogP contribution is 2.41. The summed E-state index contributed by atoms with van der Waals surface area (Å²) in [5, 5.41) is 5.66. The molecule has 186 valence electrons. The molecule has 0 atom stereocenters. The maximum atomic E-state index is 6.15. The molecule has 5 rings (SSSR count). The van der Waals surface area contributed by atoms with Crippen LogP contribution in [-0.2, 0) is 14.5 Å². The van der Waals surface area contributed by atoms with Crippen molar-refractivity contribution in [3.63, 3.8) is 0 Å². The van der Waals surface area contributed by atoms with Crippen LogP contribution < -0.4 is 5.32 Å². The molecule has 34 heavy (non-hydrogen) atoms. The summed E-state index contributed by atoms with van der Waals surface area (Å²) in [5.74, 6) is -0.537. The van der Waals surface area contributed by atoms with Gasteiger partial charge in [0.05, 0.1) is 12.1 Å². The molecule has 3 fully saturated rings. The number of ether oxygens (including phenoxy) is 1. The molecule has 7 heteroatoms. The number of rotatable bonds is 5. The lowest BCUT2D eigenvalue weighted by Gasteiger charge is -2.48. The number of fused-ring (bicyclic) bond motifs is 1. The van der Waals surface area contributed by atoms with E-state index in [0.717, 1.165) is 53.8 Å². The maximum Gasteiger partial charge on any atom is 0.201 e. The van der Waals surface area contributed by atoms with Gasteiger partial charge >= 0.3 is 0 Å². The second kappa shape index (κ2) is 9.90. The van der Waals surface area contributed by atoms with Crippen molar-refractivity contribution >= 4 is 28.2 Å². The predicted octanol–water partition coefficient (Wildman–Crippen LogP) is 6.33. The van der Waals surface area contributed by atoms with Crippen molar-refractivity contribution < 1.29 is 14.5 Å². The second-order valence-corrected chi connectivity index (χ2v) is 11.3. The van der Waals surface area contributed by atoms with Crippen LogP contribution in [0.3, 0.4) is 0 Å². The Morgan fingerprint density at radius 1 is 1.03 bits per heavy atom. The van der Waals surface area contributed by atoms with Gasteiger partial charge in [0.25, 0.3) is 0 Å². The van der Waals surface area contributed by atoms with Crippen molar-refractivity contribution in [1.29, 1.82) is 0 Å². The summed E-state index contributed by atoms with van der Waals surface area (Å²) in [7, 11) is 0. The minimum atomic E-state index is -0.537. The first-order valence-electron chi connectivity index (χ1n) is 12.9. The van der Waals surface area contributed by atoms with Gasteiger partial charge in [0.1, 0.15) is 5.60 Å². The van der Waals surface area contributed by atoms with Crippen LogP contribution in [0.15, 0.2) is 30.5 Å². The van der Waals surface area contributed by atoms with Gasteiger partial charge in [0, 0.05) is 53.3 Å². The SMILES string of the molecule is CCN(C1CCC(Nc2ccnc3cc(Cl)ccc23)CC1)C1CCC2(CC1)OCC(C)(C)OO2. The van der Waals surface area contributed by atoms with E-state index in [0.29, 0.717) is 24.7 Å². The van der Waals surface area contributed by atoms with Crippen LogP contribution in [-0.4, -0.2) is 52.5 Å². The fraction of sp³-hybridized carbons (Fsp3) is 0.667. The van der Waals surface area contributed by atoms with Crippen LogP contribution in [0.25, 0.3) is 10.9 Å². The normalized spacial score (nSPS) is 31.7. The maximum absolute atomic E-state index is 6.15. The molecule has 1 N–H and O–H groups in total. The zero-order chi connectivity index (χ0) is 23.8. The molecule has 0 unspecified atom stereocenters. The zero-order valence-electron chi connectivity index (χ0n) is 20.7. The molecule has 0 amide bonds. The van der Waals surface area contributed by atoms with Gasteiger partial charge in [0.15, 0.2) is 0 Å². The molecule has 0 radical (unpaired) electrons.